The summed E-state index contributed by atoms with van der Waals surface area (Å²) in [4.78, 5) is 38.9. The number of methoxy groups -OCH3 is 1. The number of aliphatic carboxylic acids is 1. The van der Waals surface area contributed by atoms with Crippen LogP contribution >= 0.6 is 0 Å². The Kier molecular flexibility index (Phi) is 7.67. The van der Waals surface area contributed by atoms with Crippen LogP contribution in [0.15, 0.2) is 24.4 Å². The van der Waals surface area contributed by atoms with Gasteiger partial charge in [-0.15, -0.1) is 0 Å². The Balaban J connectivity index is 2.44. The number of nitrogens with one attached hydrogen (secondary N) is 1. The van der Waals surface area contributed by atoms with Gasteiger partial charge in [-0.2, -0.15) is 0 Å². The van der Waals surface area contributed by atoms with Crippen molar-refractivity contribution < 1.29 is 29.0 Å². The third kappa shape index (κ3) is 6.71. The third-order valence-corrected chi connectivity index (χ3v) is 4.53. The molecule has 1 aromatic heterocycles. The van der Waals surface area contributed by atoms with E-state index < -0.39 is 36.0 Å². The molecule has 0 bridgehead atoms. The van der Waals surface area contributed by atoms with E-state index in [1.54, 1.807) is 46.2 Å². The maximum Gasteiger partial charge on any atom is 0.408 e. The molecule has 0 saturated carbocycles. The van der Waals surface area contributed by atoms with Crippen LogP contribution in [0.4, 0.5) is 4.79 Å². The van der Waals surface area contributed by atoms with Crippen LogP contribution in [0, 0.1) is 0 Å². The molecular formula is C22H31N3O6. The van der Waals surface area contributed by atoms with Crippen LogP contribution < -0.4 is 10.1 Å². The predicted octanol–water partition coefficient (Wildman–Crippen LogP) is 2.76. The van der Waals surface area contributed by atoms with Crippen LogP contribution in [0.5, 0.6) is 5.75 Å². The first-order chi connectivity index (χ1) is 14.4. The summed E-state index contributed by atoms with van der Waals surface area (Å²) < 4.78 is 11.9. The van der Waals surface area contributed by atoms with Crippen molar-refractivity contribution >= 4 is 28.9 Å². The Morgan fingerprint density at radius 1 is 1.23 bits per heavy atom. The van der Waals surface area contributed by atoms with E-state index in [9.17, 15) is 19.5 Å². The van der Waals surface area contributed by atoms with E-state index in [0.29, 0.717) is 17.7 Å². The molecule has 1 aromatic carbocycles. The van der Waals surface area contributed by atoms with Gasteiger partial charge in [0.1, 0.15) is 17.4 Å². The maximum atomic E-state index is 13.3. The summed E-state index contributed by atoms with van der Waals surface area (Å²) in [7, 11) is 5.48. The van der Waals surface area contributed by atoms with Gasteiger partial charge in [-0.05, 0) is 65.0 Å². The molecule has 0 aliphatic heterocycles. The summed E-state index contributed by atoms with van der Waals surface area (Å²) in [5.74, 6) is -1.11. The SMILES string of the molecule is COc1ccc2c(c1)c(CCN(C)C)cn2C(=O)[C@H](CC(=O)O)NC(=O)OC(C)(C)C. The lowest BCUT2D eigenvalue weighted by Gasteiger charge is -2.22. The third-order valence-electron chi connectivity index (χ3n) is 4.53. The van der Waals surface area contributed by atoms with Crippen molar-refractivity contribution in [3.8, 4) is 5.75 Å². The van der Waals surface area contributed by atoms with E-state index in [1.807, 2.05) is 25.1 Å². The van der Waals surface area contributed by atoms with Gasteiger partial charge in [0, 0.05) is 18.1 Å². The number of hydrogen-bond acceptors (Lipinski definition) is 6. The average Bonchev–Trinajstić information content (AvgIpc) is 3.01. The number of likely N-dealkylation sites (N-methyl/N-ethyl adjacent to an activating group) is 1. The molecular weight excluding hydrogens is 402 g/mol. The second-order valence-electron chi connectivity index (χ2n) is 8.60. The standard InChI is InChI=1S/C22H31N3O6/c1-22(2,3)31-21(29)23-17(12-19(26)27)20(28)25-13-14(9-10-24(4)5)16-11-15(30-6)7-8-18(16)25/h7-8,11,13,17H,9-10,12H2,1-6H3,(H,23,29)(H,26,27)/t17-/m0/s1. The molecule has 170 valence electrons. The topological polar surface area (TPSA) is 110 Å². The Hall–Kier alpha value is -3.07. The van der Waals surface area contributed by atoms with Gasteiger partial charge >= 0.3 is 12.1 Å². The molecule has 0 aliphatic carbocycles. The highest BCUT2D eigenvalue weighted by atomic mass is 16.6. The summed E-state index contributed by atoms with van der Waals surface area (Å²) in [6.07, 6.45) is 0.959. The minimum Gasteiger partial charge on any atom is -0.497 e. The summed E-state index contributed by atoms with van der Waals surface area (Å²) >= 11 is 0. The minimum absolute atomic E-state index is 0.556. The summed E-state index contributed by atoms with van der Waals surface area (Å²) in [5, 5.41) is 12.5. The lowest BCUT2D eigenvalue weighted by Crippen LogP contribution is -2.46. The molecule has 0 fully saturated rings. The van der Waals surface area contributed by atoms with Crippen LogP contribution in [-0.2, 0) is 16.0 Å². The molecule has 0 saturated heterocycles. The molecule has 2 aromatic rings. The molecule has 0 unspecified atom stereocenters. The molecule has 0 spiro atoms. The number of hydrogen-bond donors (Lipinski definition) is 2. The predicted molar refractivity (Wildman–Crippen MR) is 117 cm³/mol. The van der Waals surface area contributed by atoms with Crippen molar-refractivity contribution in [2.75, 3.05) is 27.7 Å². The highest BCUT2D eigenvalue weighted by Gasteiger charge is 2.29. The molecule has 0 radical (unpaired) electrons. The Morgan fingerprint density at radius 2 is 1.90 bits per heavy atom. The first-order valence-electron chi connectivity index (χ1n) is 9.99. The number of nitrogens with zero attached hydrogens (tertiary/aromatic N) is 2. The normalized spacial score (nSPS) is 12.6. The van der Waals surface area contributed by atoms with Crippen LogP contribution in [0.1, 0.15) is 37.6 Å². The van der Waals surface area contributed by atoms with E-state index in [4.69, 9.17) is 9.47 Å². The monoisotopic (exact) mass is 433 g/mol. The summed E-state index contributed by atoms with van der Waals surface area (Å²) in [6.45, 7) is 5.82. The molecule has 2 rings (SSSR count). The lowest BCUT2D eigenvalue weighted by molar-refractivity contribution is -0.137. The number of carbonyl (C=O) groups excluding carboxylic acids is 2. The number of rotatable bonds is 8. The minimum atomic E-state index is -1.29. The van der Waals surface area contributed by atoms with Crippen molar-refractivity contribution in [3.05, 3.63) is 30.0 Å². The largest absolute Gasteiger partial charge is 0.497 e. The number of alkyl carbamates (subject to hydrolysis) is 1. The fourth-order valence-corrected chi connectivity index (χ4v) is 3.12. The van der Waals surface area contributed by atoms with Gasteiger partial charge in [0.2, 0.25) is 0 Å². The van der Waals surface area contributed by atoms with Gasteiger partial charge in [0.05, 0.1) is 19.0 Å². The number of carboxylic acid groups (broad SMARTS) is 1. The number of fused-ring (bicyclic) bond motifs is 1. The molecule has 9 heteroatoms. The van der Waals surface area contributed by atoms with Crippen LogP contribution in [0.25, 0.3) is 10.9 Å². The zero-order valence-corrected chi connectivity index (χ0v) is 18.9. The van der Waals surface area contributed by atoms with E-state index in [-0.39, 0.29) is 0 Å². The van der Waals surface area contributed by atoms with E-state index in [2.05, 4.69) is 5.32 Å². The van der Waals surface area contributed by atoms with E-state index in [1.165, 1.54) is 4.57 Å². The summed E-state index contributed by atoms with van der Waals surface area (Å²) in [5.41, 5.74) is 0.750. The van der Waals surface area contributed by atoms with Crippen molar-refractivity contribution in [1.29, 1.82) is 0 Å². The Morgan fingerprint density at radius 3 is 2.45 bits per heavy atom. The molecule has 9 nitrogen and oxygen atoms in total. The van der Waals surface area contributed by atoms with Gasteiger partial charge in [0.15, 0.2) is 0 Å². The van der Waals surface area contributed by atoms with Gasteiger partial charge < -0.3 is 24.8 Å². The molecule has 0 aliphatic rings. The van der Waals surface area contributed by atoms with E-state index in [0.717, 1.165) is 17.5 Å². The Labute approximate surface area is 181 Å². The van der Waals surface area contributed by atoms with Crippen molar-refractivity contribution in [2.24, 2.45) is 0 Å². The smallest absolute Gasteiger partial charge is 0.408 e. The van der Waals surface area contributed by atoms with Crippen LogP contribution in [0.3, 0.4) is 0 Å². The highest BCUT2D eigenvalue weighted by Crippen LogP contribution is 2.27. The quantitative estimate of drug-likeness (QED) is 0.659. The number of ether oxygens (including phenoxy) is 2. The first kappa shape index (κ1) is 24.2. The number of carbonyl (C=O) groups is 3. The maximum absolute atomic E-state index is 13.3. The van der Waals surface area contributed by atoms with E-state index >= 15 is 0 Å². The molecule has 31 heavy (non-hydrogen) atoms. The number of aromatic nitrogens is 1. The van der Waals surface area contributed by atoms with Crippen LogP contribution in [-0.4, -0.2) is 71.9 Å². The van der Waals surface area contributed by atoms with Gasteiger partial charge in [-0.3, -0.25) is 14.2 Å². The molecule has 1 atom stereocenters. The lowest BCUT2D eigenvalue weighted by atomic mass is 10.1. The Bertz CT molecular complexity index is 958. The molecule has 1 heterocycles. The number of benzene rings is 1. The zero-order chi connectivity index (χ0) is 23.3. The van der Waals surface area contributed by atoms with Crippen molar-refractivity contribution in [3.63, 3.8) is 0 Å². The fourth-order valence-electron chi connectivity index (χ4n) is 3.12. The molecule has 2 N–H and O–H groups in total. The average molecular weight is 434 g/mol. The number of carboxylic acids is 1. The molecule has 1 amide bonds. The fraction of sp³-hybridized carbons (Fsp3) is 0.500. The van der Waals surface area contributed by atoms with Crippen LogP contribution in [0.2, 0.25) is 0 Å². The second kappa shape index (κ2) is 9.82. The zero-order valence-electron chi connectivity index (χ0n) is 18.9. The second-order valence-corrected chi connectivity index (χ2v) is 8.60. The highest BCUT2D eigenvalue weighted by molar-refractivity contribution is 5.99. The van der Waals surface area contributed by atoms with Crippen molar-refractivity contribution in [2.45, 2.75) is 45.3 Å². The number of amides is 1. The first-order valence-corrected chi connectivity index (χ1v) is 9.99. The van der Waals surface area contributed by atoms with Gasteiger partial charge in [-0.1, -0.05) is 0 Å². The van der Waals surface area contributed by atoms with Gasteiger partial charge in [0.25, 0.3) is 5.91 Å². The van der Waals surface area contributed by atoms with Crippen molar-refractivity contribution in [1.82, 2.24) is 14.8 Å². The summed E-state index contributed by atoms with van der Waals surface area (Å²) in [6, 6.07) is 4.04. The van der Waals surface area contributed by atoms with Gasteiger partial charge in [-0.25, -0.2) is 4.79 Å².